The molecule has 7 heteroatoms. The van der Waals surface area contributed by atoms with Gasteiger partial charge < -0.3 is 10.4 Å². The van der Waals surface area contributed by atoms with Crippen LogP contribution in [0.2, 0.25) is 0 Å². The number of hydrogen-bond donors (Lipinski definition) is 2. The average molecular weight is 254 g/mol. The summed E-state index contributed by atoms with van der Waals surface area (Å²) in [5.41, 5.74) is -0.338. The number of carbonyl (C=O) groups is 1. The molecule has 15 heavy (non-hydrogen) atoms. The highest BCUT2D eigenvalue weighted by atomic mass is 35.5. The molecule has 1 aliphatic heterocycles. The molecule has 0 amide bonds. The molecular weight excluding hydrogens is 241 g/mol. The number of nitrogens with one attached hydrogen (secondary N) is 1. The van der Waals surface area contributed by atoms with Crippen molar-refractivity contribution < 1.29 is 9.90 Å². The van der Waals surface area contributed by atoms with Crippen molar-refractivity contribution in [2.75, 3.05) is 13.1 Å². The van der Waals surface area contributed by atoms with Gasteiger partial charge in [-0.1, -0.05) is 0 Å². The van der Waals surface area contributed by atoms with Gasteiger partial charge in [0.25, 0.3) is 0 Å². The number of carboxylic acids is 1. The molecule has 1 saturated heterocycles. The molecule has 5 nitrogen and oxygen atoms in total. The molecule has 2 heterocycles. The van der Waals surface area contributed by atoms with Crippen LogP contribution in [0.25, 0.3) is 0 Å². The highest BCUT2D eigenvalue weighted by Crippen LogP contribution is 2.24. The Labute approximate surface area is 99.7 Å². The first kappa shape index (κ1) is 14.2. The van der Waals surface area contributed by atoms with E-state index in [2.05, 4.69) is 10.4 Å². The van der Waals surface area contributed by atoms with Gasteiger partial charge in [0.1, 0.15) is 0 Å². The van der Waals surface area contributed by atoms with Gasteiger partial charge in [-0.05, 0) is 6.07 Å². The monoisotopic (exact) mass is 253 g/mol. The van der Waals surface area contributed by atoms with Crippen LogP contribution in [0.3, 0.4) is 0 Å². The topological polar surface area (TPSA) is 67.1 Å². The van der Waals surface area contributed by atoms with Gasteiger partial charge in [-0.3, -0.25) is 9.48 Å². The van der Waals surface area contributed by atoms with E-state index in [1.54, 1.807) is 10.9 Å². The summed E-state index contributed by atoms with van der Waals surface area (Å²) in [5, 5.41) is 15.9. The molecular formula is C8H13Cl2N3O2. The Kier molecular flexibility index (Phi) is 5.07. The molecule has 1 aromatic rings. The van der Waals surface area contributed by atoms with Crippen molar-refractivity contribution in [1.29, 1.82) is 0 Å². The number of aliphatic carboxylic acids is 1. The zero-order chi connectivity index (χ0) is 9.31. The van der Waals surface area contributed by atoms with Crippen LogP contribution in [0.15, 0.2) is 18.5 Å². The van der Waals surface area contributed by atoms with Crippen LogP contribution in [0, 0.1) is 0 Å². The average Bonchev–Trinajstić information content (AvgIpc) is 2.48. The number of rotatable bonds is 3. The van der Waals surface area contributed by atoms with Gasteiger partial charge in [-0.25, -0.2) is 0 Å². The van der Waals surface area contributed by atoms with E-state index < -0.39 is 5.97 Å². The summed E-state index contributed by atoms with van der Waals surface area (Å²) in [6.07, 6.45) is 3.60. The van der Waals surface area contributed by atoms with E-state index in [0.717, 1.165) is 0 Å². The van der Waals surface area contributed by atoms with Crippen molar-refractivity contribution in [3.8, 4) is 0 Å². The summed E-state index contributed by atoms with van der Waals surface area (Å²) < 4.78 is 1.73. The van der Waals surface area contributed by atoms with Gasteiger partial charge in [0.2, 0.25) is 0 Å². The molecule has 1 fully saturated rings. The van der Waals surface area contributed by atoms with Crippen molar-refractivity contribution in [1.82, 2.24) is 15.1 Å². The lowest BCUT2D eigenvalue weighted by molar-refractivity contribution is -0.140. The largest absolute Gasteiger partial charge is 0.481 e. The maximum atomic E-state index is 10.6. The minimum absolute atomic E-state index is 0. The van der Waals surface area contributed by atoms with Gasteiger partial charge in [0.05, 0.1) is 12.0 Å². The maximum absolute atomic E-state index is 10.6. The fourth-order valence-electron chi connectivity index (χ4n) is 1.61. The zero-order valence-corrected chi connectivity index (χ0v) is 9.55. The molecule has 0 aromatic carbocycles. The van der Waals surface area contributed by atoms with E-state index in [0.29, 0.717) is 13.1 Å². The summed E-state index contributed by atoms with van der Waals surface area (Å²) in [6.45, 7) is 1.36. The van der Waals surface area contributed by atoms with E-state index in [1.807, 2.05) is 12.3 Å². The van der Waals surface area contributed by atoms with Gasteiger partial charge in [-0.15, -0.1) is 24.8 Å². The second kappa shape index (κ2) is 5.34. The lowest BCUT2D eigenvalue weighted by Gasteiger charge is -2.41. The first-order chi connectivity index (χ1) is 6.23. The van der Waals surface area contributed by atoms with Crippen molar-refractivity contribution >= 4 is 30.8 Å². The summed E-state index contributed by atoms with van der Waals surface area (Å²) in [7, 11) is 0. The van der Waals surface area contributed by atoms with Gasteiger partial charge in [0.15, 0.2) is 0 Å². The first-order valence-electron chi connectivity index (χ1n) is 4.16. The molecule has 0 unspecified atom stereocenters. The van der Waals surface area contributed by atoms with E-state index in [9.17, 15) is 4.79 Å². The quantitative estimate of drug-likeness (QED) is 0.824. The molecule has 0 radical (unpaired) electrons. The molecule has 0 saturated carbocycles. The SMILES string of the molecule is Cl.Cl.O=C(O)CC1(n2cccn2)CNC1. The summed E-state index contributed by atoms with van der Waals surface area (Å²) in [5.74, 6) is -0.781. The zero-order valence-electron chi connectivity index (χ0n) is 7.92. The Morgan fingerprint density at radius 2 is 2.20 bits per heavy atom. The number of carboxylic acid groups (broad SMARTS) is 1. The van der Waals surface area contributed by atoms with Crippen LogP contribution in [-0.2, 0) is 10.3 Å². The van der Waals surface area contributed by atoms with Crippen LogP contribution in [0.5, 0.6) is 0 Å². The van der Waals surface area contributed by atoms with E-state index in [-0.39, 0.29) is 36.8 Å². The Bertz CT molecular complexity index is 312. The van der Waals surface area contributed by atoms with Crippen LogP contribution >= 0.6 is 24.8 Å². The molecule has 1 aromatic heterocycles. The van der Waals surface area contributed by atoms with E-state index in [4.69, 9.17) is 5.11 Å². The third-order valence-electron chi connectivity index (χ3n) is 2.38. The predicted octanol–water partition coefficient (Wildman–Crippen LogP) is 0.500. The van der Waals surface area contributed by atoms with Crippen LogP contribution < -0.4 is 5.32 Å². The fourth-order valence-corrected chi connectivity index (χ4v) is 1.61. The van der Waals surface area contributed by atoms with Crippen molar-refractivity contribution in [3.05, 3.63) is 18.5 Å². The molecule has 86 valence electrons. The number of hydrogen-bond acceptors (Lipinski definition) is 3. The standard InChI is InChI=1S/C8H11N3O2.2ClH/c12-7(13)4-8(5-9-6-8)11-3-1-2-10-11;;/h1-3,9H,4-6H2,(H,12,13);2*1H. The van der Waals surface area contributed by atoms with Gasteiger partial charge in [0, 0.05) is 25.5 Å². The molecule has 0 spiro atoms. The minimum Gasteiger partial charge on any atom is -0.481 e. The summed E-state index contributed by atoms with van der Waals surface area (Å²) in [4.78, 5) is 10.6. The Balaban J connectivity index is 0.000000980. The Morgan fingerprint density at radius 1 is 1.53 bits per heavy atom. The first-order valence-corrected chi connectivity index (χ1v) is 4.16. The Morgan fingerprint density at radius 3 is 2.53 bits per heavy atom. The van der Waals surface area contributed by atoms with Crippen LogP contribution in [-0.4, -0.2) is 33.9 Å². The van der Waals surface area contributed by atoms with E-state index >= 15 is 0 Å². The van der Waals surface area contributed by atoms with Crippen molar-refractivity contribution in [2.24, 2.45) is 0 Å². The van der Waals surface area contributed by atoms with Crippen LogP contribution in [0.1, 0.15) is 6.42 Å². The highest BCUT2D eigenvalue weighted by molar-refractivity contribution is 5.85. The fraction of sp³-hybridized carbons (Fsp3) is 0.500. The van der Waals surface area contributed by atoms with Gasteiger partial charge >= 0.3 is 5.97 Å². The number of halogens is 2. The Hall–Kier alpha value is -0.780. The molecule has 1 aliphatic rings. The minimum atomic E-state index is -0.781. The molecule has 0 aliphatic carbocycles. The normalized spacial score (nSPS) is 16.8. The second-order valence-corrected chi connectivity index (χ2v) is 3.35. The summed E-state index contributed by atoms with van der Waals surface area (Å²) in [6, 6.07) is 1.81. The molecule has 0 bridgehead atoms. The third kappa shape index (κ3) is 2.62. The maximum Gasteiger partial charge on any atom is 0.305 e. The molecule has 0 atom stereocenters. The highest BCUT2D eigenvalue weighted by Gasteiger charge is 2.41. The summed E-state index contributed by atoms with van der Waals surface area (Å²) >= 11 is 0. The van der Waals surface area contributed by atoms with E-state index in [1.165, 1.54) is 0 Å². The lowest BCUT2D eigenvalue weighted by atomic mass is 9.89. The molecule has 2 rings (SSSR count). The number of nitrogens with zero attached hydrogens (tertiary/aromatic N) is 2. The second-order valence-electron chi connectivity index (χ2n) is 3.35. The van der Waals surface area contributed by atoms with Crippen LogP contribution in [0.4, 0.5) is 0 Å². The predicted molar refractivity (Wildman–Crippen MR) is 59.8 cm³/mol. The third-order valence-corrected chi connectivity index (χ3v) is 2.38. The number of aromatic nitrogens is 2. The van der Waals surface area contributed by atoms with Gasteiger partial charge in [-0.2, -0.15) is 5.10 Å². The van der Waals surface area contributed by atoms with Crippen molar-refractivity contribution in [3.63, 3.8) is 0 Å². The van der Waals surface area contributed by atoms with Crippen molar-refractivity contribution in [2.45, 2.75) is 12.0 Å². The smallest absolute Gasteiger partial charge is 0.305 e. The lowest BCUT2D eigenvalue weighted by Crippen LogP contribution is -2.61. The molecule has 2 N–H and O–H groups in total.